The third-order valence-electron chi connectivity index (χ3n) is 3.69. The fourth-order valence-electron chi connectivity index (χ4n) is 2.57. The van der Waals surface area contributed by atoms with E-state index in [0.29, 0.717) is 0 Å². The van der Waals surface area contributed by atoms with Crippen LogP contribution in [0.4, 0.5) is 0 Å². The second-order valence-corrected chi connectivity index (χ2v) is 6.97. The summed E-state index contributed by atoms with van der Waals surface area (Å²) in [5.41, 5.74) is 1.46. The van der Waals surface area contributed by atoms with Crippen LogP contribution in [0.5, 0.6) is 0 Å². The highest BCUT2D eigenvalue weighted by Gasteiger charge is 2.22. The molecule has 1 N–H and O–H groups in total. The highest BCUT2D eigenvalue weighted by Crippen LogP contribution is 2.22. The predicted molar refractivity (Wildman–Crippen MR) is 80.1 cm³/mol. The van der Waals surface area contributed by atoms with Crippen molar-refractivity contribution in [3.05, 3.63) is 21.9 Å². The van der Waals surface area contributed by atoms with Gasteiger partial charge in [-0.2, -0.15) is 0 Å². The van der Waals surface area contributed by atoms with Crippen molar-refractivity contribution in [2.24, 2.45) is 11.8 Å². The molecule has 1 fully saturated rings. The van der Waals surface area contributed by atoms with Gasteiger partial charge in [-0.05, 0) is 61.8 Å². The van der Waals surface area contributed by atoms with Crippen LogP contribution < -0.4 is 5.32 Å². The third kappa shape index (κ3) is 4.08. The summed E-state index contributed by atoms with van der Waals surface area (Å²) in [4.78, 5) is 4.16. The highest BCUT2D eigenvalue weighted by atomic mass is 32.1. The van der Waals surface area contributed by atoms with Gasteiger partial charge in [-0.1, -0.05) is 13.8 Å². The summed E-state index contributed by atoms with van der Waals surface area (Å²) < 4.78 is 0. The Hall–Kier alpha value is -0.380. The Bertz CT molecular complexity index is 359. The lowest BCUT2D eigenvalue weighted by molar-refractivity contribution is 0.315. The van der Waals surface area contributed by atoms with Gasteiger partial charge in [0.2, 0.25) is 0 Å². The van der Waals surface area contributed by atoms with E-state index >= 15 is 0 Å². The molecule has 1 saturated heterocycles. The predicted octanol–water partition coefficient (Wildman–Crippen LogP) is 3.12. The molecule has 2 nitrogen and oxygen atoms in total. The maximum absolute atomic E-state index is 3.59. The van der Waals surface area contributed by atoms with Gasteiger partial charge in [0.25, 0.3) is 0 Å². The zero-order chi connectivity index (χ0) is 13.0. The maximum Gasteiger partial charge on any atom is 0.0330 e. The van der Waals surface area contributed by atoms with Crippen LogP contribution in [0.3, 0.4) is 0 Å². The molecular formula is C15H26N2S. The number of thiophene rings is 1. The molecule has 0 amide bonds. The summed E-state index contributed by atoms with van der Waals surface area (Å²) in [5.74, 6) is 1.61. The van der Waals surface area contributed by atoms with Gasteiger partial charge in [-0.25, -0.2) is 0 Å². The zero-order valence-corrected chi connectivity index (χ0v) is 12.7. The molecule has 1 unspecified atom stereocenters. The first-order valence-electron chi connectivity index (χ1n) is 7.11. The van der Waals surface area contributed by atoms with Gasteiger partial charge in [-0.3, -0.25) is 4.90 Å². The molecule has 0 aliphatic carbocycles. The summed E-state index contributed by atoms with van der Waals surface area (Å²) in [6, 6.07) is 2.23. The number of aryl methyl sites for hydroxylation is 1. The summed E-state index contributed by atoms with van der Waals surface area (Å²) in [6.45, 7) is 12.8. The molecule has 2 rings (SSSR count). The molecule has 0 saturated carbocycles. The van der Waals surface area contributed by atoms with E-state index in [1.54, 1.807) is 4.88 Å². The first-order chi connectivity index (χ1) is 8.65. The third-order valence-corrected chi connectivity index (χ3v) is 4.70. The first-order valence-corrected chi connectivity index (χ1v) is 7.99. The van der Waals surface area contributed by atoms with E-state index in [1.165, 1.54) is 31.6 Å². The molecule has 1 aliphatic rings. The quantitative estimate of drug-likeness (QED) is 0.851. The normalized spacial score (nSPS) is 21.0. The van der Waals surface area contributed by atoms with Gasteiger partial charge in [-0.15, -0.1) is 11.3 Å². The van der Waals surface area contributed by atoms with Crippen LogP contribution in [0.25, 0.3) is 0 Å². The Balaban J connectivity index is 1.70. The minimum Gasteiger partial charge on any atom is -0.316 e. The Morgan fingerprint density at radius 1 is 1.50 bits per heavy atom. The van der Waals surface area contributed by atoms with Crippen LogP contribution in [0.2, 0.25) is 0 Å². The van der Waals surface area contributed by atoms with Crippen molar-refractivity contribution in [3.63, 3.8) is 0 Å². The van der Waals surface area contributed by atoms with Gasteiger partial charge in [0.15, 0.2) is 0 Å². The Morgan fingerprint density at radius 2 is 2.33 bits per heavy atom. The Kier molecular flexibility index (Phi) is 5.22. The van der Waals surface area contributed by atoms with Gasteiger partial charge in [0.1, 0.15) is 0 Å². The van der Waals surface area contributed by atoms with E-state index in [0.717, 1.165) is 24.9 Å². The lowest BCUT2D eigenvalue weighted by Gasteiger charge is -2.16. The minimum atomic E-state index is 0.760. The number of hydrogen-bond acceptors (Lipinski definition) is 3. The summed E-state index contributed by atoms with van der Waals surface area (Å²) in [7, 11) is 0. The average molecular weight is 266 g/mol. The first kappa shape index (κ1) is 14.0. The van der Waals surface area contributed by atoms with Crippen LogP contribution in [0, 0.1) is 18.8 Å². The van der Waals surface area contributed by atoms with Gasteiger partial charge in [0, 0.05) is 18.0 Å². The van der Waals surface area contributed by atoms with Crippen LogP contribution >= 0.6 is 11.3 Å². The van der Waals surface area contributed by atoms with E-state index in [-0.39, 0.29) is 0 Å². The van der Waals surface area contributed by atoms with Crippen LogP contribution in [-0.2, 0) is 6.54 Å². The summed E-state index contributed by atoms with van der Waals surface area (Å²) in [6.07, 6.45) is 1.36. The molecule has 1 aromatic heterocycles. The molecule has 0 bridgehead atoms. The maximum atomic E-state index is 3.59. The highest BCUT2D eigenvalue weighted by molar-refractivity contribution is 7.10. The monoisotopic (exact) mass is 266 g/mol. The number of likely N-dealkylation sites (tertiary alicyclic amines) is 1. The molecule has 102 valence electrons. The number of nitrogens with one attached hydrogen (secondary N) is 1. The van der Waals surface area contributed by atoms with Crippen LogP contribution in [0.15, 0.2) is 11.4 Å². The van der Waals surface area contributed by atoms with E-state index in [2.05, 4.69) is 42.4 Å². The largest absolute Gasteiger partial charge is 0.316 e. The number of nitrogens with zero attached hydrogens (tertiary/aromatic N) is 1. The topological polar surface area (TPSA) is 15.3 Å². The summed E-state index contributed by atoms with van der Waals surface area (Å²) in [5, 5.41) is 5.80. The van der Waals surface area contributed by atoms with Crippen molar-refractivity contribution in [2.45, 2.75) is 33.7 Å². The Morgan fingerprint density at radius 3 is 3.00 bits per heavy atom. The molecule has 1 atom stereocenters. The fraction of sp³-hybridized carbons (Fsp3) is 0.733. The lowest BCUT2D eigenvalue weighted by Crippen LogP contribution is -2.28. The van der Waals surface area contributed by atoms with Crippen molar-refractivity contribution in [1.82, 2.24) is 10.2 Å². The second kappa shape index (κ2) is 6.69. The van der Waals surface area contributed by atoms with Crippen molar-refractivity contribution < 1.29 is 0 Å². The molecule has 1 aliphatic heterocycles. The average Bonchev–Trinajstić information content (AvgIpc) is 2.90. The van der Waals surface area contributed by atoms with Crippen LogP contribution in [0.1, 0.15) is 30.7 Å². The molecule has 1 aromatic rings. The molecule has 3 heteroatoms. The van der Waals surface area contributed by atoms with Gasteiger partial charge >= 0.3 is 0 Å². The van der Waals surface area contributed by atoms with Gasteiger partial charge < -0.3 is 5.32 Å². The molecule has 0 radical (unpaired) electrons. The van der Waals surface area contributed by atoms with E-state index in [1.807, 2.05) is 11.3 Å². The molecular weight excluding hydrogens is 240 g/mol. The van der Waals surface area contributed by atoms with E-state index < -0.39 is 0 Å². The molecule has 18 heavy (non-hydrogen) atoms. The number of rotatable bonds is 6. The summed E-state index contributed by atoms with van der Waals surface area (Å²) >= 11 is 1.90. The molecule has 2 heterocycles. The van der Waals surface area contributed by atoms with Crippen molar-refractivity contribution in [3.8, 4) is 0 Å². The van der Waals surface area contributed by atoms with E-state index in [4.69, 9.17) is 0 Å². The molecule has 0 aromatic carbocycles. The fourth-order valence-corrected chi connectivity index (χ4v) is 3.52. The SMILES string of the molecule is Cc1ccsc1CN1CCC(CNCC(C)C)C1. The molecule has 0 spiro atoms. The smallest absolute Gasteiger partial charge is 0.0330 e. The zero-order valence-electron chi connectivity index (χ0n) is 11.9. The van der Waals surface area contributed by atoms with E-state index in [9.17, 15) is 0 Å². The lowest BCUT2D eigenvalue weighted by atomic mass is 10.1. The van der Waals surface area contributed by atoms with Gasteiger partial charge in [0.05, 0.1) is 0 Å². The van der Waals surface area contributed by atoms with Crippen molar-refractivity contribution >= 4 is 11.3 Å². The van der Waals surface area contributed by atoms with Crippen molar-refractivity contribution in [2.75, 3.05) is 26.2 Å². The standard InChI is InChI=1S/C15H26N2S/c1-12(2)8-16-9-14-4-6-17(10-14)11-15-13(3)5-7-18-15/h5,7,12,14,16H,4,6,8-11H2,1-3H3. The van der Waals surface area contributed by atoms with Crippen LogP contribution in [-0.4, -0.2) is 31.1 Å². The second-order valence-electron chi connectivity index (χ2n) is 5.97. The minimum absolute atomic E-state index is 0.760. The van der Waals surface area contributed by atoms with Crippen molar-refractivity contribution in [1.29, 1.82) is 0 Å². The Labute approximate surface area is 115 Å². The number of hydrogen-bond donors (Lipinski definition) is 1.